The van der Waals surface area contributed by atoms with E-state index < -0.39 is 0 Å². The molecule has 1 saturated heterocycles. The lowest BCUT2D eigenvalue weighted by Crippen LogP contribution is -2.32. The summed E-state index contributed by atoms with van der Waals surface area (Å²) in [4.78, 5) is 7.88. The van der Waals surface area contributed by atoms with Crippen LogP contribution in [0.4, 0.5) is 0 Å². The van der Waals surface area contributed by atoms with E-state index in [0.717, 1.165) is 42.7 Å². The zero-order valence-corrected chi connectivity index (χ0v) is 21.4. The van der Waals surface area contributed by atoms with Crippen LogP contribution in [0, 0.1) is 17.8 Å². The van der Waals surface area contributed by atoms with E-state index in [1.54, 1.807) is 0 Å². The zero-order chi connectivity index (χ0) is 23.3. The molecule has 0 N–H and O–H groups in total. The molecule has 0 aliphatic carbocycles. The van der Waals surface area contributed by atoms with Crippen molar-refractivity contribution in [2.75, 3.05) is 33.4 Å². The first kappa shape index (κ1) is 26.5. The van der Waals surface area contributed by atoms with Crippen molar-refractivity contribution in [2.24, 2.45) is 22.9 Å². The van der Waals surface area contributed by atoms with Crippen LogP contribution in [0.3, 0.4) is 0 Å². The van der Waals surface area contributed by atoms with Gasteiger partial charge in [-0.05, 0) is 68.0 Å². The van der Waals surface area contributed by atoms with Crippen LogP contribution in [0.2, 0.25) is 0 Å². The molecule has 1 aromatic rings. The van der Waals surface area contributed by atoms with Gasteiger partial charge in [0.25, 0.3) is 0 Å². The summed E-state index contributed by atoms with van der Waals surface area (Å²) in [6.45, 7) is 14.8. The number of oxime groups is 1. The van der Waals surface area contributed by atoms with Crippen LogP contribution in [-0.4, -0.2) is 44.1 Å². The second kappa shape index (κ2) is 14.4. The molecule has 3 rings (SSSR count). The number of ether oxygens (including phenoxy) is 2. The number of likely N-dealkylation sites (tertiary alicyclic amines) is 1. The monoisotopic (exact) mass is 446 g/mol. The Morgan fingerprint density at radius 2 is 1.88 bits per heavy atom. The number of hydrogen-bond acceptors (Lipinski definition) is 5. The molecule has 1 aromatic carbocycles. The highest BCUT2D eigenvalue weighted by Gasteiger charge is 2.22. The molecule has 0 spiro atoms. The maximum Gasteiger partial charge on any atom is 0.230 e. The SMILES string of the molecule is CC(C)COc1cccc2c1CC(OCC1CCN(C)CC1)=NO2.CCCCC(C)CC. The summed E-state index contributed by atoms with van der Waals surface area (Å²) in [5, 5.41) is 4.13. The van der Waals surface area contributed by atoms with Crippen LogP contribution >= 0.6 is 0 Å². The van der Waals surface area contributed by atoms with Gasteiger partial charge < -0.3 is 19.2 Å². The van der Waals surface area contributed by atoms with E-state index in [1.807, 2.05) is 18.2 Å². The van der Waals surface area contributed by atoms with Crippen LogP contribution < -0.4 is 9.57 Å². The first-order valence-corrected chi connectivity index (χ1v) is 12.7. The highest BCUT2D eigenvalue weighted by atomic mass is 16.7. The molecule has 1 unspecified atom stereocenters. The summed E-state index contributed by atoms with van der Waals surface area (Å²) in [7, 11) is 2.17. The summed E-state index contributed by atoms with van der Waals surface area (Å²) in [5.74, 6) is 4.34. The highest BCUT2D eigenvalue weighted by Crippen LogP contribution is 2.32. The molecule has 0 amide bonds. The van der Waals surface area contributed by atoms with E-state index in [-0.39, 0.29) is 0 Å². The molecule has 5 heteroatoms. The molecule has 1 atom stereocenters. The third kappa shape index (κ3) is 9.40. The summed E-state index contributed by atoms with van der Waals surface area (Å²) >= 11 is 0. The predicted molar refractivity (Wildman–Crippen MR) is 134 cm³/mol. The van der Waals surface area contributed by atoms with Crippen LogP contribution in [0.5, 0.6) is 11.5 Å². The lowest BCUT2D eigenvalue weighted by Gasteiger charge is -2.29. The van der Waals surface area contributed by atoms with Crippen molar-refractivity contribution in [1.29, 1.82) is 0 Å². The van der Waals surface area contributed by atoms with Gasteiger partial charge in [-0.1, -0.05) is 66.4 Å². The number of unbranched alkanes of at least 4 members (excludes halogenated alkanes) is 1. The molecule has 2 aliphatic rings. The molecule has 0 aromatic heterocycles. The van der Waals surface area contributed by atoms with E-state index in [0.29, 0.717) is 30.8 Å². The predicted octanol–water partition coefficient (Wildman–Crippen LogP) is 6.55. The largest absolute Gasteiger partial charge is 0.493 e. The Hall–Kier alpha value is -1.75. The van der Waals surface area contributed by atoms with Gasteiger partial charge in [-0.25, -0.2) is 0 Å². The average molecular weight is 447 g/mol. The van der Waals surface area contributed by atoms with Gasteiger partial charge in [0, 0.05) is 5.56 Å². The number of fused-ring (bicyclic) bond motifs is 1. The van der Waals surface area contributed by atoms with Crippen molar-refractivity contribution in [3.63, 3.8) is 0 Å². The number of piperidine rings is 1. The van der Waals surface area contributed by atoms with Gasteiger partial charge in [-0.3, -0.25) is 0 Å². The third-order valence-corrected chi connectivity index (χ3v) is 6.31. The van der Waals surface area contributed by atoms with Crippen molar-refractivity contribution in [3.05, 3.63) is 23.8 Å². The molecule has 182 valence electrons. The van der Waals surface area contributed by atoms with Crippen LogP contribution in [0.25, 0.3) is 0 Å². The maximum absolute atomic E-state index is 5.95. The molecule has 1 fully saturated rings. The van der Waals surface area contributed by atoms with Gasteiger partial charge in [0.15, 0.2) is 5.75 Å². The summed E-state index contributed by atoms with van der Waals surface area (Å²) < 4.78 is 11.9. The van der Waals surface area contributed by atoms with Gasteiger partial charge in [-0.2, -0.15) is 0 Å². The number of benzene rings is 1. The standard InChI is InChI=1S/C19H28N2O3.C8H18/c1-14(2)12-22-17-5-4-6-18-16(17)11-19(20-24-18)23-13-15-7-9-21(3)10-8-15;1-4-6-7-8(3)5-2/h4-6,14-15H,7-13H2,1-3H3;8H,4-7H2,1-3H3. The molecule has 0 radical (unpaired) electrons. The van der Waals surface area contributed by atoms with Crippen LogP contribution in [0.1, 0.15) is 78.7 Å². The minimum absolute atomic E-state index is 0.485. The van der Waals surface area contributed by atoms with Crippen molar-refractivity contribution in [1.82, 2.24) is 4.90 Å². The second-order valence-electron chi connectivity index (χ2n) is 9.90. The fourth-order valence-corrected chi connectivity index (χ4v) is 3.76. The van der Waals surface area contributed by atoms with Crippen molar-refractivity contribution in [2.45, 2.75) is 79.6 Å². The Balaban J connectivity index is 0.000000390. The van der Waals surface area contributed by atoms with Gasteiger partial charge >= 0.3 is 0 Å². The van der Waals surface area contributed by atoms with Gasteiger partial charge in [0.2, 0.25) is 5.90 Å². The van der Waals surface area contributed by atoms with E-state index in [2.05, 4.69) is 51.7 Å². The van der Waals surface area contributed by atoms with E-state index >= 15 is 0 Å². The normalized spacial score (nSPS) is 17.5. The average Bonchev–Trinajstić information content (AvgIpc) is 2.81. The fraction of sp³-hybridized carbons (Fsp3) is 0.741. The minimum Gasteiger partial charge on any atom is -0.493 e. The lowest BCUT2D eigenvalue weighted by molar-refractivity contribution is 0.146. The quantitative estimate of drug-likeness (QED) is 0.431. The minimum atomic E-state index is 0.485. The Labute approximate surface area is 196 Å². The van der Waals surface area contributed by atoms with E-state index in [4.69, 9.17) is 14.3 Å². The van der Waals surface area contributed by atoms with Crippen LogP contribution in [0.15, 0.2) is 23.4 Å². The zero-order valence-electron chi connectivity index (χ0n) is 21.4. The Bertz CT molecular complexity index is 681. The first-order valence-electron chi connectivity index (χ1n) is 12.7. The fourth-order valence-electron chi connectivity index (χ4n) is 3.76. The second-order valence-corrected chi connectivity index (χ2v) is 9.90. The lowest BCUT2D eigenvalue weighted by atomic mass is 9.98. The summed E-state index contributed by atoms with van der Waals surface area (Å²) in [6, 6.07) is 5.85. The molecule has 2 heterocycles. The first-order chi connectivity index (χ1) is 15.4. The van der Waals surface area contributed by atoms with E-state index in [9.17, 15) is 0 Å². The maximum atomic E-state index is 5.95. The molecule has 2 aliphatic heterocycles. The highest BCUT2D eigenvalue weighted by molar-refractivity contribution is 5.81. The van der Waals surface area contributed by atoms with Crippen molar-refractivity contribution < 1.29 is 14.3 Å². The molecule has 0 bridgehead atoms. The number of hydrogen-bond donors (Lipinski definition) is 0. The van der Waals surface area contributed by atoms with Gasteiger partial charge in [-0.15, -0.1) is 0 Å². The molecule has 5 nitrogen and oxygen atoms in total. The number of rotatable bonds is 9. The Morgan fingerprint density at radius 1 is 1.12 bits per heavy atom. The smallest absolute Gasteiger partial charge is 0.230 e. The Kier molecular flexibility index (Phi) is 11.9. The van der Waals surface area contributed by atoms with Crippen molar-refractivity contribution >= 4 is 5.90 Å². The van der Waals surface area contributed by atoms with Gasteiger partial charge in [0.05, 0.1) is 19.6 Å². The summed E-state index contributed by atoms with van der Waals surface area (Å²) in [5.41, 5.74) is 1.03. The topological polar surface area (TPSA) is 43.3 Å². The number of nitrogens with zero attached hydrogens (tertiary/aromatic N) is 2. The van der Waals surface area contributed by atoms with Crippen molar-refractivity contribution in [3.8, 4) is 11.5 Å². The van der Waals surface area contributed by atoms with Gasteiger partial charge in [0.1, 0.15) is 5.75 Å². The Morgan fingerprint density at radius 3 is 2.53 bits per heavy atom. The summed E-state index contributed by atoms with van der Waals surface area (Å²) in [6.07, 6.45) is 8.54. The molecular weight excluding hydrogens is 400 g/mol. The van der Waals surface area contributed by atoms with Crippen LogP contribution in [-0.2, 0) is 11.2 Å². The third-order valence-electron chi connectivity index (χ3n) is 6.31. The molecule has 32 heavy (non-hydrogen) atoms. The molecular formula is C27H46N2O3. The van der Waals surface area contributed by atoms with E-state index in [1.165, 1.54) is 38.5 Å². The molecule has 0 saturated carbocycles.